The fourth-order valence-electron chi connectivity index (χ4n) is 3.77. The predicted octanol–water partition coefficient (Wildman–Crippen LogP) is 3.62. The number of likely N-dealkylation sites (tertiary alicyclic amines) is 1. The molecular formula is C23H26N4O2. The van der Waals surface area contributed by atoms with Crippen molar-refractivity contribution in [3.8, 4) is 11.4 Å². The average Bonchev–Trinajstić information content (AvgIpc) is 3.46. The highest BCUT2D eigenvalue weighted by atomic mass is 16.5. The molecule has 1 N–H and O–H groups in total. The Morgan fingerprint density at radius 3 is 2.45 bits per heavy atom. The first-order chi connectivity index (χ1) is 14.3. The van der Waals surface area contributed by atoms with Gasteiger partial charge < -0.3 is 9.84 Å². The lowest BCUT2D eigenvalue weighted by molar-refractivity contribution is -0.121. The van der Waals surface area contributed by atoms with Crippen molar-refractivity contribution in [2.45, 2.75) is 31.7 Å². The monoisotopic (exact) mass is 390 g/mol. The van der Waals surface area contributed by atoms with E-state index in [1.54, 1.807) is 0 Å². The van der Waals surface area contributed by atoms with Gasteiger partial charge in [-0.3, -0.25) is 9.69 Å². The first kappa shape index (κ1) is 19.3. The Bertz CT molecular complexity index is 905. The van der Waals surface area contributed by atoms with Gasteiger partial charge in [-0.25, -0.2) is 0 Å². The minimum absolute atomic E-state index is 0.00425. The molecule has 6 nitrogen and oxygen atoms in total. The summed E-state index contributed by atoms with van der Waals surface area (Å²) in [6.07, 6.45) is 3.21. The molecule has 3 aromatic rings. The molecule has 150 valence electrons. The van der Waals surface area contributed by atoms with E-state index in [-0.39, 0.29) is 11.9 Å². The summed E-state index contributed by atoms with van der Waals surface area (Å²) in [5, 5.41) is 7.10. The number of hydrogen-bond donors (Lipinski definition) is 1. The van der Waals surface area contributed by atoms with Crippen molar-refractivity contribution in [3.63, 3.8) is 0 Å². The summed E-state index contributed by atoms with van der Waals surface area (Å²) in [4.78, 5) is 19.3. The van der Waals surface area contributed by atoms with Gasteiger partial charge in [-0.1, -0.05) is 65.8 Å². The van der Waals surface area contributed by atoms with Gasteiger partial charge in [-0.2, -0.15) is 4.98 Å². The van der Waals surface area contributed by atoms with E-state index in [1.165, 1.54) is 18.4 Å². The summed E-state index contributed by atoms with van der Waals surface area (Å²) in [5.74, 6) is 1.04. The maximum atomic E-state index is 12.4. The third-order valence-corrected chi connectivity index (χ3v) is 5.32. The Hall–Kier alpha value is -2.99. The van der Waals surface area contributed by atoms with Crippen molar-refractivity contribution < 1.29 is 9.32 Å². The number of rotatable bonds is 8. The lowest BCUT2D eigenvalue weighted by Crippen LogP contribution is -2.36. The Kier molecular flexibility index (Phi) is 6.32. The number of nitrogens with zero attached hydrogens (tertiary/aromatic N) is 3. The Morgan fingerprint density at radius 1 is 1.03 bits per heavy atom. The van der Waals surface area contributed by atoms with Crippen LogP contribution in [0.25, 0.3) is 11.4 Å². The van der Waals surface area contributed by atoms with Crippen LogP contribution in [0.2, 0.25) is 0 Å². The van der Waals surface area contributed by atoms with Crippen molar-refractivity contribution in [2.75, 3.05) is 19.6 Å². The van der Waals surface area contributed by atoms with E-state index in [0.717, 1.165) is 18.7 Å². The van der Waals surface area contributed by atoms with Crippen molar-refractivity contribution >= 4 is 5.91 Å². The van der Waals surface area contributed by atoms with Crippen LogP contribution >= 0.6 is 0 Å². The second-order valence-corrected chi connectivity index (χ2v) is 7.35. The van der Waals surface area contributed by atoms with Crippen LogP contribution in [0.1, 0.15) is 36.8 Å². The lowest BCUT2D eigenvalue weighted by Gasteiger charge is -2.28. The number of aromatic nitrogens is 2. The average molecular weight is 390 g/mol. The Balaban J connectivity index is 1.30. The third-order valence-electron chi connectivity index (χ3n) is 5.32. The van der Waals surface area contributed by atoms with Crippen molar-refractivity contribution in [2.24, 2.45) is 0 Å². The van der Waals surface area contributed by atoms with Crippen LogP contribution in [0.5, 0.6) is 0 Å². The molecule has 1 aromatic heterocycles. The smallest absolute Gasteiger partial charge is 0.227 e. The van der Waals surface area contributed by atoms with Gasteiger partial charge in [0.2, 0.25) is 17.6 Å². The number of amides is 1. The van der Waals surface area contributed by atoms with Gasteiger partial charge in [-0.05, 0) is 31.5 Å². The van der Waals surface area contributed by atoms with E-state index in [9.17, 15) is 4.79 Å². The summed E-state index contributed by atoms with van der Waals surface area (Å²) in [5.41, 5.74) is 2.15. The lowest BCUT2D eigenvalue weighted by atomic mass is 10.1. The summed E-state index contributed by atoms with van der Waals surface area (Å²) < 4.78 is 5.30. The van der Waals surface area contributed by atoms with Crippen molar-refractivity contribution in [3.05, 3.63) is 72.1 Å². The molecule has 1 aliphatic rings. The molecule has 2 aromatic carbocycles. The second kappa shape index (κ2) is 9.47. The summed E-state index contributed by atoms with van der Waals surface area (Å²) in [6.45, 7) is 2.78. The van der Waals surface area contributed by atoms with Crippen LogP contribution in [0.3, 0.4) is 0 Å². The normalized spacial score (nSPS) is 15.3. The predicted molar refractivity (Wildman–Crippen MR) is 111 cm³/mol. The summed E-state index contributed by atoms with van der Waals surface area (Å²) >= 11 is 0. The largest absolute Gasteiger partial charge is 0.354 e. The highest BCUT2D eigenvalue weighted by molar-refractivity contribution is 5.76. The number of aryl methyl sites for hydroxylation is 1. The van der Waals surface area contributed by atoms with Gasteiger partial charge in [0.15, 0.2) is 0 Å². The third kappa shape index (κ3) is 5.09. The van der Waals surface area contributed by atoms with Gasteiger partial charge in [0.05, 0.1) is 6.04 Å². The van der Waals surface area contributed by atoms with Gasteiger partial charge in [0.25, 0.3) is 0 Å². The minimum Gasteiger partial charge on any atom is -0.354 e. The van der Waals surface area contributed by atoms with Gasteiger partial charge in [0, 0.05) is 24.9 Å². The molecule has 1 amide bonds. The molecule has 0 radical (unpaired) electrons. The zero-order valence-corrected chi connectivity index (χ0v) is 16.5. The quantitative estimate of drug-likeness (QED) is 0.636. The molecule has 1 fully saturated rings. The van der Waals surface area contributed by atoms with Crippen LogP contribution in [-0.2, 0) is 11.2 Å². The van der Waals surface area contributed by atoms with Gasteiger partial charge in [0.1, 0.15) is 0 Å². The van der Waals surface area contributed by atoms with Crippen LogP contribution in [0, 0.1) is 0 Å². The molecule has 0 spiro atoms. The van der Waals surface area contributed by atoms with Crippen LogP contribution in [0.15, 0.2) is 65.2 Å². The topological polar surface area (TPSA) is 71.3 Å². The van der Waals surface area contributed by atoms with E-state index >= 15 is 0 Å². The maximum Gasteiger partial charge on any atom is 0.227 e. The van der Waals surface area contributed by atoms with E-state index in [4.69, 9.17) is 4.52 Å². The molecule has 1 atom stereocenters. The zero-order valence-electron chi connectivity index (χ0n) is 16.5. The summed E-state index contributed by atoms with van der Waals surface area (Å²) in [7, 11) is 0. The van der Waals surface area contributed by atoms with E-state index < -0.39 is 0 Å². The Morgan fingerprint density at radius 2 is 1.72 bits per heavy atom. The highest BCUT2D eigenvalue weighted by Crippen LogP contribution is 2.24. The van der Waals surface area contributed by atoms with Crippen molar-refractivity contribution in [1.29, 1.82) is 0 Å². The van der Waals surface area contributed by atoms with Gasteiger partial charge >= 0.3 is 0 Å². The molecule has 2 heterocycles. The van der Waals surface area contributed by atoms with Crippen LogP contribution in [0.4, 0.5) is 0 Å². The van der Waals surface area contributed by atoms with E-state index in [0.29, 0.717) is 31.1 Å². The van der Waals surface area contributed by atoms with Crippen molar-refractivity contribution in [1.82, 2.24) is 20.4 Å². The maximum absolute atomic E-state index is 12.4. The minimum atomic E-state index is 0.00425. The molecule has 0 bridgehead atoms. The molecule has 6 heteroatoms. The second-order valence-electron chi connectivity index (χ2n) is 7.35. The number of nitrogens with one attached hydrogen (secondary N) is 1. The molecule has 1 saturated heterocycles. The highest BCUT2D eigenvalue weighted by Gasteiger charge is 2.23. The van der Waals surface area contributed by atoms with Crippen LogP contribution in [-0.4, -0.2) is 40.6 Å². The number of carbonyl (C=O) groups excluding carboxylic acids is 1. The summed E-state index contributed by atoms with van der Waals surface area (Å²) in [6, 6.07) is 20.3. The number of carbonyl (C=O) groups is 1. The molecule has 1 aliphatic heterocycles. The van der Waals surface area contributed by atoms with Crippen LogP contribution < -0.4 is 5.32 Å². The zero-order chi connectivity index (χ0) is 19.9. The molecule has 0 unspecified atom stereocenters. The fraction of sp³-hybridized carbons (Fsp3) is 0.348. The SMILES string of the molecule is O=C(CCc1nc(-c2ccccc2)no1)NC[C@H](c1ccccc1)N1CCCC1. The molecule has 0 aliphatic carbocycles. The first-order valence-electron chi connectivity index (χ1n) is 10.2. The molecular weight excluding hydrogens is 364 g/mol. The molecule has 4 rings (SSSR count). The fourth-order valence-corrected chi connectivity index (χ4v) is 3.77. The number of benzene rings is 2. The van der Waals surface area contributed by atoms with E-state index in [2.05, 4.69) is 44.6 Å². The van der Waals surface area contributed by atoms with E-state index in [1.807, 2.05) is 36.4 Å². The number of hydrogen-bond acceptors (Lipinski definition) is 5. The molecule has 29 heavy (non-hydrogen) atoms. The molecule has 0 saturated carbocycles. The standard InChI is InChI=1S/C23H26N4O2/c28-21(13-14-22-25-23(26-29-22)19-11-5-2-6-12-19)24-17-20(27-15-7-8-16-27)18-9-3-1-4-10-18/h1-6,9-12,20H,7-8,13-17H2,(H,24,28)/t20-/m1/s1. The Labute approximate surface area is 170 Å². The van der Waals surface area contributed by atoms with Gasteiger partial charge in [-0.15, -0.1) is 0 Å². The first-order valence-corrected chi connectivity index (χ1v) is 10.2.